The number of halogens is 1. The number of thiophene rings is 1. The van der Waals surface area contributed by atoms with Crippen LogP contribution in [0.15, 0.2) is 47.4 Å². The minimum Gasteiger partial charge on any atom is -0.442 e. The molecule has 0 radical (unpaired) electrons. The highest BCUT2D eigenvalue weighted by atomic mass is 35.5. The number of nitrogens with one attached hydrogen (secondary N) is 2. The van der Waals surface area contributed by atoms with E-state index in [4.69, 9.17) is 21.1 Å². The molecule has 2 aromatic heterocycles. The lowest BCUT2D eigenvalue weighted by molar-refractivity contribution is 0.0920. The quantitative estimate of drug-likeness (QED) is 0.477. The zero-order valence-electron chi connectivity index (χ0n) is 18.7. The van der Waals surface area contributed by atoms with E-state index < -0.39 is 12.2 Å². The van der Waals surface area contributed by atoms with Crippen LogP contribution in [0.25, 0.3) is 11.1 Å². The first-order valence-corrected chi connectivity index (χ1v) is 12.0. The molecule has 2 amide bonds. The summed E-state index contributed by atoms with van der Waals surface area (Å²) in [5.74, 6) is -0.261. The smallest absolute Gasteiger partial charge is 0.414 e. The first-order chi connectivity index (χ1) is 16.4. The lowest BCUT2D eigenvalue weighted by Crippen LogP contribution is -2.34. The molecule has 1 saturated heterocycles. The second-order valence-corrected chi connectivity index (χ2v) is 9.47. The van der Waals surface area contributed by atoms with Gasteiger partial charge in [-0.15, -0.1) is 11.3 Å². The number of ether oxygens (including phenoxy) is 2. The molecule has 0 bridgehead atoms. The first kappa shape index (κ1) is 24.0. The molecule has 0 unspecified atom stereocenters. The van der Waals surface area contributed by atoms with Crippen molar-refractivity contribution in [3.05, 3.63) is 73.3 Å². The summed E-state index contributed by atoms with van der Waals surface area (Å²) in [6.45, 7) is 5.02. The third kappa shape index (κ3) is 5.16. The summed E-state index contributed by atoms with van der Waals surface area (Å²) in [4.78, 5) is 41.7. The van der Waals surface area contributed by atoms with Crippen LogP contribution >= 0.6 is 22.9 Å². The van der Waals surface area contributed by atoms with E-state index in [0.717, 1.165) is 16.7 Å². The van der Waals surface area contributed by atoms with E-state index in [0.29, 0.717) is 40.2 Å². The minimum absolute atomic E-state index is 0.151. The highest BCUT2D eigenvalue weighted by molar-refractivity contribution is 7.18. The highest BCUT2D eigenvalue weighted by Gasteiger charge is 2.33. The number of carbonyl (C=O) groups is 2. The summed E-state index contributed by atoms with van der Waals surface area (Å²) < 4.78 is 11.6. The van der Waals surface area contributed by atoms with Crippen molar-refractivity contribution < 1.29 is 19.1 Å². The van der Waals surface area contributed by atoms with Crippen LogP contribution in [0.4, 0.5) is 10.5 Å². The first-order valence-electron chi connectivity index (χ1n) is 10.8. The summed E-state index contributed by atoms with van der Waals surface area (Å²) >= 11 is 7.07. The molecule has 1 aliphatic heterocycles. The Morgan fingerprint density at radius 1 is 1.26 bits per heavy atom. The summed E-state index contributed by atoms with van der Waals surface area (Å²) in [6.07, 6.45) is 0.641. The van der Waals surface area contributed by atoms with Crippen LogP contribution in [-0.2, 0) is 16.1 Å². The molecular formula is C24H24ClN3O5S. The number of rotatable bonds is 8. The Morgan fingerprint density at radius 3 is 2.82 bits per heavy atom. The number of nitrogens with zero attached hydrogens (tertiary/aromatic N) is 1. The average Bonchev–Trinajstić information content (AvgIpc) is 3.43. The number of benzene rings is 1. The number of amides is 2. The second kappa shape index (κ2) is 10.4. The van der Waals surface area contributed by atoms with Gasteiger partial charge in [0.25, 0.3) is 11.5 Å². The molecule has 2 N–H and O–H groups in total. The third-order valence-electron chi connectivity index (χ3n) is 5.52. The van der Waals surface area contributed by atoms with Gasteiger partial charge in [0.1, 0.15) is 6.10 Å². The van der Waals surface area contributed by atoms with Crippen molar-refractivity contribution in [2.45, 2.75) is 26.6 Å². The van der Waals surface area contributed by atoms with E-state index in [2.05, 4.69) is 10.3 Å². The molecule has 3 aromatic rings. The van der Waals surface area contributed by atoms with Gasteiger partial charge in [-0.25, -0.2) is 4.79 Å². The van der Waals surface area contributed by atoms with Crippen molar-refractivity contribution in [2.75, 3.05) is 24.6 Å². The molecule has 4 rings (SSSR count). The maximum Gasteiger partial charge on any atom is 0.414 e. The van der Waals surface area contributed by atoms with Crippen LogP contribution < -0.4 is 15.8 Å². The van der Waals surface area contributed by atoms with E-state index in [1.54, 1.807) is 25.3 Å². The van der Waals surface area contributed by atoms with Gasteiger partial charge in [0.15, 0.2) is 0 Å². The fourth-order valence-electron chi connectivity index (χ4n) is 3.76. The summed E-state index contributed by atoms with van der Waals surface area (Å²) in [5, 5.41) is 2.78. The van der Waals surface area contributed by atoms with Gasteiger partial charge >= 0.3 is 6.09 Å². The number of hydrogen-bond donors (Lipinski definition) is 2. The van der Waals surface area contributed by atoms with Gasteiger partial charge in [0, 0.05) is 24.1 Å². The molecule has 34 heavy (non-hydrogen) atoms. The van der Waals surface area contributed by atoms with Crippen LogP contribution in [-0.4, -0.2) is 42.8 Å². The van der Waals surface area contributed by atoms with Crippen molar-refractivity contribution in [1.29, 1.82) is 0 Å². The van der Waals surface area contributed by atoms with Crippen LogP contribution in [0, 0.1) is 6.92 Å². The molecule has 0 aliphatic carbocycles. The largest absolute Gasteiger partial charge is 0.442 e. The molecule has 0 spiro atoms. The van der Waals surface area contributed by atoms with Gasteiger partial charge < -0.3 is 19.8 Å². The highest BCUT2D eigenvalue weighted by Crippen LogP contribution is 2.31. The molecule has 10 heteroatoms. The van der Waals surface area contributed by atoms with Crippen LogP contribution in [0.1, 0.15) is 27.7 Å². The van der Waals surface area contributed by atoms with Crippen LogP contribution in [0.3, 0.4) is 0 Å². The number of H-pyrrole nitrogens is 1. The fourth-order valence-corrected chi connectivity index (χ4v) is 4.72. The third-order valence-corrected chi connectivity index (χ3v) is 6.75. The number of carbonyl (C=O) groups excluding carboxylic acids is 2. The molecule has 1 atom stereocenters. The fraction of sp³-hybridized carbons (Fsp3) is 0.292. The number of cyclic esters (lactones) is 1. The predicted molar refractivity (Wildman–Crippen MR) is 132 cm³/mol. The van der Waals surface area contributed by atoms with E-state index in [-0.39, 0.29) is 18.0 Å². The number of aromatic amines is 1. The molecular weight excluding hydrogens is 478 g/mol. The van der Waals surface area contributed by atoms with Crippen molar-refractivity contribution in [3.63, 3.8) is 0 Å². The van der Waals surface area contributed by atoms with Gasteiger partial charge in [-0.3, -0.25) is 14.5 Å². The maximum atomic E-state index is 12.6. The van der Waals surface area contributed by atoms with Crippen molar-refractivity contribution in [3.8, 4) is 11.1 Å². The van der Waals surface area contributed by atoms with Crippen LogP contribution in [0.2, 0.25) is 4.34 Å². The molecule has 8 nitrogen and oxygen atoms in total. The SMILES string of the molecule is CCOCc1cc(N2C[C@H](CNC(=O)c3ccc(Cl)s3)OC2=O)ccc1-c1cc[nH]c(=O)c1C. The molecule has 1 aromatic carbocycles. The lowest BCUT2D eigenvalue weighted by atomic mass is 9.96. The zero-order valence-corrected chi connectivity index (χ0v) is 20.3. The number of aromatic nitrogens is 1. The van der Waals surface area contributed by atoms with Gasteiger partial charge in [-0.2, -0.15) is 0 Å². The molecule has 178 valence electrons. The van der Waals surface area contributed by atoms with Crippen LogP contribution in [0.5, 0.6) is 0 Å². The predicted octanol–water partition coefficient (Wildman–Crippen LogP) is 4.36. The molecule has 1 aliphatic rings. The standard InChI is InChI=1S/C24H24ClN3O5S/c1-3-32-13-15-10-16(4-5-19(15)18-8-9-26-22(29)14(18)2)28-12-17(33-24(28)31)11-27-23(30)20-6-7-21(25)34-20/h4-10,17H,3,11-13H2,1-2H3,(H,26,29)(H,27,30)/t17-/m0/s1. The number of hydrogen-bond acceptors (Lipinski definition) is 6. The average molecular weight is 502 g/mol. The number of anilines is 1. The number of pyridine rings is 1. The summed E-state index contributed by atoms with van der Waals surface area (Å²) in [5.41, 5.74) is 3.64. The second-order valence-electron chi connectivity index (χ2n) is 7.75. The van der Waals surface area contributed by atoms with Gasteiger partial charge in [-0.1, -0.05) is 17.7 Å². The van der Waals surface area contributed by atoms with Gasteiger partial charge in [0.05, 0.1) is 28.9 Å². The summed E-state index contributed by atoms with van der Waals surface area (Å²) in [6, 6.07) is 10.7. The Balaban J connectivity index is 1.51. The van der Waals surface area contributed by atoms with E-state index in [9.17, 15) is 14.4 Å². The van der Waals surface area contributed by atoms with E-state index in [1.165, 1.54) is 16.2 Å². The topological polar surface area (TPSA) is 101 Å². The molecule has 0 saturated carbocycles. The van der Waals surface area contributed by atoms with Crippen molar-refractivity contribution in [1.82, 2.24) is 10.3 Å². The Hall–Kier alpha value is -3.14. The van der Waals surface area contributed by atoms with Crippen molar-refractivity contribution in [2.24, 2.45) is 0 Å². The van der Waals surface area contributed by atoms with E-state index >= 15 is 0 Å². The Morgan fingerprint density at radius 2 is 2.09 bits per heavy atom. The summed E-state index contributed by atoms with van der Waals surface area (Å²) in [7, 11) is 0. The van der Waals surface area contributed by atoms with E-state index in [1.807, 2.05) is 31.2 Å². The Bertz CT molecular complexity index is 1270. The zero-order chi connectivity index (χ0) is 24.2. The lowest BCUT2D eigenvalue weighted by Gasteiger charge is -2.18. The monoisotopic (exact) mass is 501 g/mol. The normalized spacial score (nSPS) is 15.4. The maximum absolute atomic E-state index is 12.6. The Labute approximate surface area is 205 Å². The van der Waals surface area contributed by atoms with Crippen molar-refractivity contribution >= 4 is 40.6 Å². The Kier molecular flexibility index (Phi) is 7.35. The van der Waals surface area contributed by atoms with Gasteiger partial charge in [0.2, 0.25) is 0 Å². The van der Waals surface area contributed by atoms with Gasteiger partial charge in [-0.05, 0) is 60.9 Å². The molecule has 1 fully saturated rings. The minimum atomic E-state index is -0.489. The molecule has 3 heterocycles.